The monoisotopic (exact) mass is 382 g/mol. The summed E-state index contributed by atoms with van der Waals surface area (Å²) < 4.78 is 5.74. The lowest BCUT2D eigenvalue weighted by Crippen LogP contribution is -2.44. The number of hydrogen-bond donors (Lipinski definition) is 2. The number of anilines is 1. The van der Waals surface area contributed by atoms with Gasteiger partial charge >= 0.3 is 0 Å². The zero-order chi connectivity index (χ0) is 19.1. The van der Waals surface area contributed by atoms with E-state index in [1.807, 2.05) is 5.38 Å². The number of thiazole rings is 1. The van der Waals surface area contributed by atoms with Crippen LogP contribution in [0.2, 0.25) is 0 Å². The average Bonchev–Trinajstić information content (AvgIpc) is 2.96. The summed E-state index contributed by atoms with van der Waals surface area (Å²) in [6, 6.07) is 0. The summed E-state index contributed by atoms with van der Waals surface area (Å²) in [6.45, 7) is 10.8. The van der Waals surface area contributed by atoms with Gasteiger partial charge < -0.3 is 15.4 Å². The second-order valence-corrected chi connectivity index (χ2v) is 8.21. The molecule has 2 unspecified atom stereocenters. The Hall–Kier alpha value is -1.51. The molecule has 7 nitrogen and oxygen atoms in total. The molecule has 1 saturated heterocycles. The molecule has 2 rings (SSSR count). The molecule has 1 fully saturated rings. The molecule has 8 heteroatoms. The summed E-state index contributed by atoms with van der Waals surface area (Å²) >= 11 is 1.40. The number of rotatable bonds is 8. The predicted molar refractivity (Wildman–Crippen MR) is 103 cm³/mol. The van der Waals surface area contributed by atoms with E-state index >= 15 is 0 Å². The number of hydrogen-bond acceptors (Lipinski definition) is 6. The van der Waals surface area contributed by atoms with Crippen LogP contribution in [0.4, 0.5) is 5.13 Å². The molecule has 2 heterocycles. The first-order valence-electron chi connectivity index (χ1n) is 9.20. The molecule has 0 aliphatic carbocycles. The summed E-state index contributed by atoms with van der Waals surface area (Å²) in [5, 5.41) is 7.92. The lowest BCUT2D eigenvalue weighted by molar-refractivity contribution is -0.124. The van der Waals surface area contributed by atoms with Crippen molar-refractivity contribution in [1.29, 1.82) is 0 Å². The van der Waals surface area contributed by atoms with Crippen molar-refractivity contribution in [1.82, 2.24) is 15.2 Å². The van der Waals surface area contributed by atoms with Gasteiger partial charge in [0.05, 0.1) is 24.4 Å². The highest BCUT2D eigenvalue weighted by Gasteiger charge is 2.22. The first-order valence-corrected chi connectivity index (χ1v) is 10.1. The van der Waals surface area contributed by atoms with Crippen molar-refractivity contribution < 1.29 is 14.3 Å². The van der Waals surface area contributed by atoms with Crippen LogP contribution in [0.25, 0.3) is 0 Å². The van der Waals surface area contributed by atoms with E-state index in [-0.39, 0.29) is 30.6 Å². The van der Waals surface area contributed by atoms with E-state index in [2.05, 4.69) is 48.2 Å². The third-order valence-electron chi connectivity index (χ3n) is 4.07. The van der Waals surface area contributed by atoms with Gasteiger partial charge in [-0.15, -0.1) is 11.3 Å². The Morgan fingerprint density at radius 1 is 1.31 bits per heavy atom. The number of aromatic nitrogens is 1. The summed E-state index contributed by atoms with van der Waals surface area (Å²) in [5.41, 5.74) is 0.938. The molecular weight excluding hydrogens is 352 g/mol. The van der Waals surface area contributed by atoms with Gasteiger partial charge in [-0.05, 0) is 26.2 Å². The summed E-state index contributed by atoms with van der Waals surface area (Å²) in [6.07, 6.45) is 1.71. The average molecular weight is 383 g/mol. The van der Waals surface area contributed by atoms with Crippen molar-refractivity contribution in [3.05, 3.63) is 11.1 Å². The topological polar surface area (TPSA) is 83.6 Å². The molecule has 2 N–H and O–H groups in total. The van der Waals surface area contributed by atoms with Crippen LogP contribution in [0.3, 0.4) is 0 Å². The molecule has 26 heavy (non-hydrogen) atoms. The van der Waals surface area contributed by atoms with Gasteiger partial charge in [0.1, 0.15) is 0 Å². The second-order valence-electron chi connectivity index (χ2n) is 7.35. The molecule has 0 spiro atoms. The smallest absolute Gasteiger partial charge is 0.245 e. The number of nitrogens with one attached hydrogen (secondary N) is 2. The number of ether oxygens (including phenoxy) is 1. The van der Waals surface area contributed by atoms with Crippen molar-refractivity contribution >= 4 is 28.3 Å². The first-order chi connectivity index (χ1) is 12.3. The first kappa shape index (κ1) is 20.8. The normalized spacial score (nSPS) is 21.0. The zero-order valence-corrected chi connectivity index (χ0v) is 16.9. The third-order valence-corrected chi connectivity index (χ3v) is 4.88. The highest BCUT2D eigenvalue weighted by Crippen LogP contribution is 2.19. The van der Waals surface area contributed by atoms with Crippen LogP contribution in [-0.4, -0.2) is 53.5 Å². The number of carbonyl (C=O) groups is 2. The second kappa shape index (κ2) is 9.99. The molecule has 0 aromatic carbocycles. The van der Waals surface area contributed by atoms with Crippen LogP contribution in [-0.2, 0) is 20.9 Å². The van der Waals surface area contributed by atoms with E-state index in [1.165, 1.54) is 11.3 Å². The molecule has 2 amide bonds. The number of morpholine rings is 1. The van der Waals surface area contributed by atoms with Crippen LogP contribution in [0.1, 0.15) is 46.2 Å². The van der Waals surface area contributed by atoms with Crippen molar-refractivity contribution in [3.8, 4) is 0 Å². The minimum Gasteiger partial charge on any atom is -0.373 e. The van der Waals surface area contributed by atoms with Gasteiger partial charge in [-0.3, -0.25) is 14.5 Å². The SMILES string of the molecule is CC(C)CCC(=O)NCC(=O)Nc1nc(CN2CC(C)OC(C)C2)cs1. The van der Waals surface area contributed by atoms with Gasteiger partial charge in [-0.1, -0.05) is 13.8 Å². The van der Waals surface area contributed by atoms with Gasteiger partial charge in [0.2, 0.25) is 11.8 Å². The molecule has 2 atom stereocenters. The summed E-state index contributed by atoms with van der Waals surface area (Å²) in [5.74, 6) is 0.127. The Kier molecular flexibility index (Phi) is 7.99. The molecule has 0 radical (unpaired) electrons. The fraction of sp³-hybridized carbons (Fsp3) is 0.722. The molecule has 0 bridgehead atoms. The minimum atomic E-state index is -0.252. The lowest BCUT2D eigenvalue weighted by Gasteiger charge is -2.34. The fourth-order valence-corrected chi connectivity index (χ4v) is 3.65. The third kappa shape index (κ3) is 7.39. The van der Waals surface area contributed by atoms with Gasteiger partial charge in [0.15, 0.2) is 5.13 Å². The zero-order valence-electron chi connectivity index (χ0n) is 16.1. The maximum absolute atomic E-state index is 12.0. The standard InChI is InChI=1S/C18H30N4O3S/c1-12(2)5-6-16(23)19-7-17(24)21-18-20-15(11-26-18)10-22-8-13(3)25-14(4)9-22/h11-14H,5-10H2,1-4H3,(H,19,23)(H,20,21,24). The number of nitrogens with zero attached hydrogens (tertiary/aromatic N) is 2. The van der Waals surface area contributed by atoms with Crippen LogP contribution < -0.4 is 10.6 Å². The molecule has 0 saturated carbocycles. The van der Waals surface area contributed by atoms with Crippen molar-refractivity contribution in [2.45, 2.75) is 59.3 Å². The van der Waals surface area contributed by atoms with Gasteiger partial charge in [0, 0.05) is 31.4 Å². The van der Waals surface area contributed by atoms with E-state index in [0.717, 1.165) is 31.7 Å². The maximum Gasteiger partial charge on any atom is 0.245 e. The molecule has 1 aliphatic rings. The number of carbonyl (C=O) groups excluding carboxylic acids is 2. The lowest BCUT2D eigenvalue weighted by atomic mass is 10.1. The molecular formula is C18H30N4O3S. The molecule has 1 aromatic rings. The van der Waals surface area contributed by atoms with E-state index in [0.29, 0.717) is 17.5 Å². The Bertz CT molecular complexity index is 595. The van der Waals surface area contributed by atoms with Crippen LogP contribution in [0, 0.1) is 5.92 Å². The van der Waals surface area contributed by atoms with Gasteiger partial charge in [-0.2, -0.15) is 0 Å². The van der Waals surface area contributed by atoms with Crippen molar-refractivity contribution in [2.24, 2.45) is 5.92 Å². The Morgan fingerprint density at radius 3 is 2.65 bits per heavy atom. The highest BCUT2D eigenvalue weighted by atomic mass is 32.1. The van der Waals surface area contributed by atoms with Crippen molar-refractivity contribution in [3.63, 3.8) is 0 Å². The summed E-state index contributed by atoms with van der Waals surface area (Å²) in [7, 11) is 0. The van der Waals surface area contributed by atoms with E-state index in [9.17, 15) is 9.59 Å². The van der Waals surface area contributed by atoms with E-state index in [1.54, 1.807) is 0 Å². The molecule has 1 aromatic heterocycles. The Morgan fingerprint density at radius 2 is 2.00 bits per heavy atom. The van der Waals surface area contributed by atoms with Crippen LogP contribution in [0.5, 0.6) is 0 Å². The Labute approximate surface area is 159 Å². The van der Waals surface area contributed by atoms with Crippen molar-refractivity contribution in [2.75, 3.05) is 25.0 Å². The summed E-state index contributed by atoms with van der Waals surface area (Å²) in [4.78, 5) is 30.4. The molecule has 1 aliphatic heterocycles. The van der Waals surface area contributed by atoms with Gasteiger partial charge in [0.25, 0.3) is 0 Å². The van der Waals surface area contributed by atoms with Crippen LogP contribution >= 0.6 is 11.3 Å². The fourth-order valence-electron chi connectivity index (χ4n) is 2.93. The quantitative estimate of drug-likeness (QED) is 0.720. The van der Waals surface area contributed by atoms with Gasteiger partial charge in [-0.25, -0.2) is 4.98 Å². The Balaban J connectivity index is 1.73. The number of amides is 2. The molecule has 146 valence electrons. The van der Waals surface area contributed by atoms with E-state index in [4.69, 9.17) is 4.74 Å². The van der Waals surface area contributed by atoms with Crippen LogP contribution in [0.15, 0.2) is 5.38 Å². The largest absolute Gasteiger partial charge is 0.373 e. The van der Waals surface area contributed by atoms with E-state index < -0.39 is 0 Å². The maximum atomic E-state index is 12.0. The predicted octanol–water partition coefficient (Wildman–Crippen LogP) is 2.24. The minimum absolute atomic E-state index is 0.0235. The highest BCUT2D eigenvalue weighted by molar-refractivity contribution is 7.13.